The maximum Gasteiger partial charge on any atom is 0.260 e. The van der Waals surface area contributed by atoms with E-state index < -0.39 is 11.8 Å². The van der Waals surface area contributed by atoms with Crippen LogP contribution in [0.5, 0.6) is 5.75 Å². The number of carbonyl (C=O) groups excluding carboxylic acids is 2. The van der Waals surface area contributed by atoms with E-state index in [4.69, 9.17) is 21.6 Å². The van der Waals surface area contributed by atoms with E-state index in [-0.39, 0.29) is 6.54 Å². The van der Waals surface area contributed by atoms with Gasteiger partial charge in [0.05, 0.1) is 17.3 Å². The highest BCUT2D eigenvalue weighted by Crippen LogP contribution is 2.31. The summed E-state index contributed by atoms with van der Waals surface area (Å²) in [6, 6.07) is 12.0. The van der Waals surface area contributed by atoms with Gasteiger partial charge < -0.3 is 21.6 Å². The maximum absolute atomic E-state index is 13.0. The van der Waals surface area contributed by atoms with Gasteiger partial charge in [-0.25, -0.2) is 4.98 Å². The fourth-order valence-corrected chi connectivity index (χ4v) is 3.71. The minimum absolute atomic E-state index is 0.300. The highest BCUT2D eigenvalue weighted by molar-refractivity contribution is 7.22. The topological polar surface area (TPSA) is 135 Å². The number of hydrogen-bond acceptors (Lipinski definition) is 7. The molecule has 29 heavy (non-hydrogen) atoms. The zero-order chi connectivity index (χ0) is 21.0. The summed E-state index contributed by atoms with van der Waals surface area (Å²) in [5, 5.41) is 7.79. The monoisotopic (exact) mass is 409 g/mol. The summed E-state index contributed by atoms with van der Waals surface area (Å²) >= 11 is 1.25. The van der Waals surface area contributed by atoms with Gasteiger partial charge >= 0.3 is 0 Å². The van der Waals surface area contributed by atoms with Crippen molar-refractivity contribution in [2.45, 2.75) is 0 Å². The Morgan fingerprint density at radius 3 is 2.48 bits per heavy atom. The smallest absolute Gasteiger partial charge is 0.260 e. The first-order valence-electron chi connectivity index (χ1n) is 8.54. The Morgan fingerprint density at radius 1 is 1.21 bits per heavy atom. The number of primary amides is 1. The molecular weight excluding hydrogens is 390 g/mol. The zero-order valence-electron chi connectivity index (χ0n) is 15.6. The molecule has 0 unspecified atom stereocenters. The number of carbonyl (C=O) groups is 2. The van der Waals surface area contributed by atoms with E-state index in [0.717, 1.165) is 16.5 Å². The van der Waals surface area contributed by atoms with Crippen molar-refractivity contribution < 1.29 is 14.3 Å². The molecule has 2 amide bonds. The summed E-state index contributed by atoms with van der Waals surface area (Å²) < 4.78 is 5.90. The fraction of sp³-hybridized carbons (Fsp3) is 0.100. The van der Waals surface area contributed by atoms with E-state index in [1.165, 1.54) is 29.5 Å². The molecule has 0 aliphatic rings. The average Bonchev–Trinajstić information content (AvgIpc) is 3.15. The Hall–Kier alpha value is -3.72. The summed E-state index contributed by atoms with van der Waals surface area (Å²) in [6.45, 7) is -0.300. The quantitative estimate of drug-likeness (QED) is 0.515. The van der Waals surface area contributed by atoms with Gasteiger partial charge in [0, 0.05) is 23.6 Å². The molecule has 8 nitrogen and oxygen atoms in total. The maximum atomic E-state index is 13.0. The molecule has 0 saturated heterocycles. The summed E-state index contributed by atoms with van der Waals surface area (Å²) in [5.74, 6) is -0.429. The van der Waals surface area contributed by atoms with Crippen molar-refractivity contribution in [1.82, 2.24) is 4.98 Å². The molecule has 0 bridgehead atoms. The zero-order valence-corrected chi connectivity index (χ0v) is 16.4. The Morgan fingerprint density at radius 2 is 1.90 bits per heavy atom. The fourth-order valence-electron chi connectivity index (χ4n) is 2.71. The summed E-state index contributed by atoms with van der Waals surface area (Å²) in [6.07, 6.45) is 2.51. The van der Waals surface area contributed by atoms with Crippen LogP contribution in [0.3, 0.4) is 0 Å². The van der Waals surface area contributed by atoms with Crippen molar-refractivity contribution in [3.8, 4) is 5.75 Å². The lowest BCUT2D eigenvalue weighted by atomic mass is 10.1. The van der Waals surface area contributed by atoms with E-state index in [1.54, 1.807) is 36.4 Å². The lowest BCUT2D eigenvalue weighted by molar-refractivity contribution is -0.116. The molecule has 5 N–H and O–H groups in total. The molecule has 1 heterocycles. The number of benzene rings is 2. The lowest BCUT2D eigenvalue weighted by Gasteiger charge is -2.18. The number of nitrogens with zero attached hydrogens (tertiary/aromatic N) is 2. The van der Waals surface area contributed by atoms with Crippen LogP contribution >= 0.6 is 11.3 Å². The van der Waals surface area contributed by atoms with Gasteiger partial charge in [-0.15, -0.1) is 0 Å². The number of amides is 2. The van der Waals surface area contributed by atoms with Crippen molar-refractivity contribution >= 4 is 50.3 Å². The second kappa shape index (κ2) is 8.53. The number of nitrogens with one attached hydrogen (secondary N) is 1. The van der Waals surface area contributed by atoms with E-state index in [1.807, 2.05) is 6.07 Å². The van der Waals surface area contributed by atoms with E-state index in [2.05, 4.69) is 4.98 Å². The van der Waals surface area contributed by atoms with Gasteiger partial charge in [-0.3, -0.25) is 14.5 Å². The highest BCUT2D eigenvalue weighted by atomic mass is 32.1. The number of nitrogens with two attached hydrogens (primary N) is 2. The molecule has 0 atom stereocenters. The average molecular weight is 409 g/mol. The van der Waals surface area contributed by atoms with Crippen LogP contribution in [-0.4, -0.2) is 36.7 Å². The number of fused-ring (bicyclic) bond motifs is 1. The van der Waals surface area contributed by atoms with Gasteiger partial charge in [0.25, 0.3) is 5.91 Å². The van der Waals surface area contributed by atoms with Crippen LogP contribution in [0.1, 0.15) is 15.9 Å². The second-order valence-electron chi connectivity index (χ2n) is 6.03. The Kier molecular flexibility index (Phi) is 5.89. The van der Waals surface area contributed by atoms with Crippen molar-refractivity contribution in [3.63, 3.8) is 0 Å². The highest BCUT2D eigenvalue weighted by Gasteiger charge is 2.23. The van der Waals surface area contributed by atoms with Gasteiger partial charge in [-0.2, -0.15) is 0 Å². The molecule has 9 heteroatoms. The van der Waals surface area contributed by atoms with Gasteiger partial charge in [-0.1, -0.05) is 17.4 Å². The third kappa shape index (κ3) is 4.25. The molecule has 1 aromatic heterocycles. The van der Waals surface area contributed by atoms with Crippen LogP contribution in [0, 0.1) is 5.41 Å². The molecule has 148 valence electrons. The Balaban J connectivity index is 2.01. The Bertz CT molecular complexity index is 1110. The van der Waals surface area contributed by atoms with Gasteiger partial charge in [0.15, 0.2) is 5.13 Å². The van der Waals surface area contributed by atoms with Crippen LogP contribution < -0.4 is 21.1 Å². The van der Waals surface area contributed by atoms with Crippen molar-refractivity contribution in [3.05, 3.63) is 59.8 Å². The third-order valence-electron chi connectivity index (χ3n) is 4.17. The van der Waals surface area contributed by atoms with Crippen LogP contribution in [0.25, 0.3) is 15.8 Å². The predicted octanol–water partition coefficient (Wildman–Crippen LogP) is 2.39. The summed E-state index contributed by atoms with van der Waals surface area (Å²) in [7, 11) is 1.54. The first kappa shape index (κ1) is 20.0. The van der Waals surface area contributed by atoms with Crippen molar-refractivity contribution in [2.24, 2.45) is 11.5 Å². The molecular formula is C20H19N5O3S. The minimum Gasteiger partial charge on any atom is -0.497 e. The molecule has 2 aromatic carbocycles. The predicted molar refractivity (Wildman–Crippen MR) is 114 cm³/mol. The number of hydrogen-bond donors (Lipinski definition) is 3. The standard InChI is InChI=1S/C20H19N5O3S/c1-28-15-5-2-12(3-6-15)19(27)25(11-18(23)26)20-24-16-7-4-13(8-17(16)29-20)14(9-21)10-22/h2-10,21H,11,22H2,1H3,(H2,23,26)/b14-10+,21-9?. The van der Waals surface area contributed by atoms with E-state index >= 15 is 0 Å². The van der Waals surface area contributed by atoms with Crippen molar-refractivity contribution in [1.29, 1.82) is 5.41 Å². The molecule has 3 rings (SSSR count). The van der Waals surface area contributed by atoms with Crippen LogP contribution in [0.4, 0.5) is 5.13 Å². The molecule has 0 aliphatic carbocycles. The van der Waals surface area contributed by atoms with Gasteiger partial charge in [-0.05, 0) is 42.0 Å². The number of aromatic nitrogens is 1. The molecule has 0 fully saturated rings. The van der Waals surface area contributed by atoms with Crippen LogP contribution in [0.15, 0.2) is 48.7 Å². The normalized spacial score (nSPS) is 11.3. The lowest BCUT2D eigenvalue weighted by Crippen LogP contribution is -2.38. The van der Waals surface area contributed by atoms with Gasteiger partial charge in [0.1, 0.15) is 12.3 Å². The number of anilines is 1. The molecule has 3 aromatic rings. The molecule has 0 aliphatic heterocycles. The molecule has 0 saturated carbocycles. The first-order valence-corrected chi connectivity index (χ1v) is 9.36. The second-order valence-corrected chi connectivity index (χ2v) is 7.04. The summed E-state index contributed by atoms with van der Waals surface area (Å²) in [4.78, 5) is 30.3. The van der Waals surface area contributed by atoms with Gasteiger partial charge in [0.2, 0.25) is 5.91 Å². The van der Waals surface area contributed by atoms with E-state index in [9.17, 15) is 9.59 Å². The number of allylic oxidation sites excluding steroid dienone is 1. The van der Waals surface area contributed by atoms with Crippen LogP contribution in [0.2, 0.25) is 0 Å². The minimum atomic E-state index is -0.649. The molecule has 0 radical (unpaired) electrons. The third-order valence-corrected chi connectivity index (χ3v) is 5.21. The molecule has 0 spiro atoms. The van der Waals surface area contributed by atoms with Crippen molar-refractivity contribution in [2.75, 3.05) is 18.6 Å². The van der Waals surface area contributed by atoms with Crippen LogP contribution in [-0.2, 0) is 4.79 Å². The number of ether oxygens (including phenoxy) is 1. The number of thiazole rings is 1. The summed E-state index contributed by atoms with van der Waals surface area (Å²) in [5.41, 5.74) is 13.3. The number of rotatable bonds is 7. The number of methoxy groups -OCH3 is 1. The largest absolute Gasteiger partial charge is 0.497 e. The first-order chi connectivity index (χ1) is 14.0. The van der Waals surface area contributed by atoms with E-state index in [0.29, 0.717) is 27.5 Å². The Labute approximate surface area is 170 Å². The SMILES string of the molecule is COc1ccc(C(=O)N(CC(N)=O)c2nc3ccc(/C(C=N)=C/N)cc3s2)cc1.